The highest BCUT2D eigenvalue weighted by Gasteiger charge is 2.35. The summed E-state index contributed by atoms with van der Waals surface area (Å²) in [5.41, 5.74) is 1.39. The van der Waals surface area contributed by atoms with E-state index in [1.54, 1.807) is 0 Å². The van der Waals surface area contributed by atoms with E-state index in [4.69, 9.17) is 4.43 Å². The van der Waals surface area contributed by atoms with E-state index in [2.05, 4.69) is 36.9 Å². The average Bonchev–Trinajstić information content (AvgIpc) is 2.17. The van der Waals surface area contributed by atoms with Crippen molar-refractivity contribution in [3.8, 4) is 0 Å². The molecule has 0 radical (unpaired) electrons. The molecule has 0 bridgehead atoms. The molecule has 1 nitrogen and oxygen atoms in total. The molecule has 1 saturated heterocycles. The maximum atomic E-state index is 6.01. The van der Waals surface area contributed by atoms with Crippen LogP contribution in [0.25, 0.3) is 0 Å². The predicted molar refractivity (Wildman–Crippen MR) is 61.9 cm³/mol. The van der Waals surface area contributed by atoms with E-state index in [9.17, 15) is 0 Å². The van der Waals surface area contributed by atoms with Crippen molar-refractivity contribution in [1.82, 2.24) is 0 Å². The molecular formula is C12H18OSi. The average molecular weight is 206 g/mol. The lowest BCUT2D eigenvalue weighted by molar-refractivity contribution is 0.294. The van der Waals surface area contributed by atoms with Gasteiger partial charge in [0.05, 0.1) is 0 Å². The van der Waals surface area contributed by atoms with Crippen molar-refractivity contribution in [2.75, 3.05) is 6.61 Å². The lowest BCUT2D eigenvalue weighted by atomic mass is 10.2. The molecule has 1 fully saturated rings. The van der Waals surface area contributed by atoms with Gasteiger partial charge in [-0.05, 0) is 30.6 Å². The van der Waals surface area contributed by atoms with Crippen LogP contribution < -0.4 is 0 Å². The summed E-state index contributed by atoms with van der Waals surface area (Å²) in [6, 6.07) is 13.4. The summed E-state index contributed by atoms with van der Waals surface area (Å²) in [6.45, 7) is 3.29. The highest BCUT2D eigenvalue weighted by Crippen LogP contribution is 2.32. The summed E-state index contributed by atoms with van der Waals surface area (Å²) in [7, 11) is -1.15. The maximum absolute atomic E-state index is 6.01. The Morgan fingerprint density at radius 2 is 1.93 bits per heavy atom. The smallest absolute Gasteiger partial charge is 0.189 e. The van der Waals surface area contributed by atoms with Crippen LogP contribution in [0, 0.1) is 0 Å². The van der Waals surface area contributed by atoms with Gasteiger partial charge >= 0.3 is 0 Å². The van der Waals surface area contributed by atoms with Crippen LogP contribution in [0.5, 0.6) is 0 Å². The van der Waals surface area contributed by atoms with Gasteiger partial charge in [0.2, 0.25) is 0 Å². The first-order valence-electron chi connectivity index (χ1n) is 5.46. The maximum Gasteiger partial charge on any atom is 0.189 e. The first-order valence-corrected chi connectivity index (χ1v) is 8.29. The molecule has 1 aromatic rings. The van der Waals surface area contributed by atoms with Crippen LogP contribution in [-0.4, -0.2) is 14.9 Å². The van der Waals surface area contributed by atoms with E-state index in [1.165, 1.54) is 24.1 Å². The van der Waals surface area contributed by atoms with Crippen molar-refractivity contribution in [3.63, 3.8) is 0 Å². The second-order valence-electron chi connectivity index (χ2n) is 4.39. The van der Waals surface area contributed by atoms with Crippen LogP contribution >= 0.6 is 0 Å². The Morgan fingerprint density at radius 3 is 2.50 bits per heavy atom. The fourth-order valence-corrected chi connectivity index (χ4v) is 4.11. The van der Waals surface area contributed by atoms with Gasteiger partial charge < -0.3 is 4.43 Å². The summed E-state index contributed by atoms with van der Waals surface area (Å²) in [5.74, 6) is 0. The first kappa shape index (κ1) is 9.93. The minimum atomic E-state index is -1.15. The summed E-state index contributed by atoms with van der Waals surface area (Å²) in [6.07, 6.45) is 2.47. The molecule has 14 heavy (non-hydrogen) atoms. The van der Waals surface area contributed by atoms with Crippen LogP contribution in [0.15, 0.2) is 30.3 Å². The Labute approximate surface area is 87.2 Å². The Hall–Kier alpha value is -0.603. The standard InChI is InChI=1S/C12H18OSi/c1-14(10-5-11-14)13-9-8-12-6-3-2-4-7-12/h2-4,6-7H,5,8-11H2,1H3. The molecule has 1 heterocycles. The summed E-state index contributed by atoms with van der Waals surface area (Å²) in [4.78, 5) is 0. The molecule has 1 aliphatic rings. The minimum absolute atomic E-state index is 0.923. The zero-order valence-electron chi connectivity index (χ0n) is 8.83. The molecule has 0 amide bonds. The quantitative estimate of drug-likeness (QED) is 0.687. The van der Waals surface area contributed by atoms with Gasteiger partial charge in [0.25, 0.3) is 0 Å². The Morgan fingerprint density at radius 1 is 1.21 bits per heavy atom. The third kappa shape index (κ3) is 2.46. The molecule has 0 unspecified atom stereocenters. The Bertz CT molecular complexity index is 280. The SMILES string of the molecule is C[Si]1(OCCc2ccccc2)CCC1. The van der Waals surface area contributed by atoms with E-state index < -0.39 is 8.32 Å². The van der Waals surface area contributed by atoms with Gasteiger partial charge in [-0.1, -0.05) is 36.8 Å². The van der Waals surface area contributed by atoms with Crippen molar-refractivity contribution in [1.29, 1.82) is 0 Å². The van der Waals surface area contributed by atoms with Gasteiger partial charge in [-0.2, -0.15) is 0 Å². The molecule has 1 aromatic carbocycles. The van der Waals surface area contributed by atoms with Crippen LogP contribution in [-0.2, 0) is 10.8 Å². The fraction of sp³-hybridized carbons (Fsp3) is 0.500. The molecule has 0 N–H and O–H groups in total. The summed E-state index contributed by atoms with van der Waals surface area (Å²) >= 11 is 0. The molecular weight excluding hydrogens is 188 g/mol. The number of hydrogen-bond donors (Lipinski definition) is 0. The molecule has 2 rings (SSSR count). The Kier molecular flexibility index (Phi) is 3.04. The van der Waals surface area contributed by atoms with Gasteiger partial charge in [0.15, 0.2) is 8.32 Å². The van der Waals surface area contributed by atoms with Gasteiger partial charge in [-0.25, -0.2) is 0 Å². The topological polar surface area (TPSA) is 9.23 Å². The highest BCUT2D eigenvalue weighted by atomic mass is 28.4. The first-order chi connectivity index (χ1) is 6.79. The van der Waals surface area contributed by atoms with Crippen LogP contribution in [0.4, 0.5) is 0 Å². The molecule has 0 saturated carbocycles. The van der Waals surface area contributed by atoms with E-state index in [0.29, 0.717) is 0 Å². The molecule has 2 heteroatoms. The zero-order valence-corrected chi connectivity index (χ0v) is 9.83. The normalized spacial score (nSPS) is 18.9. The third-order valence-electron chi connectivity index (χ3n) is 3.10. The molecule has 76 valence electrons. The Balaban J connectivity index is 1.73. The summed E-state index contributed by atoms with van der Waals surface area (Å²) < 4.78 is 6.01. The van der Waals surface area contributed by atoms with E-state index in [0.717, 1.165) is 13.0 Å². The molecule has 0 spiro atoms. The zero-order chi connectivity index (χ0) is 9.86. The van der Waals surface area contributed by atoms with Crippen LogP contribution in [0.1, 0.15) is 12.0 Å². The van der Waals surface area contributed by atoms with Crippen LogP contribution in [0.3, 0.4) is 0 Å². The van der Waals surface area contributed by atoms with Crippen LogP contribution in [0.2, 0.25) is 18.6 Å². The van der Waals surface area contributed by atoms with Crippen molar-refractivity contribution in [3.05, 3.63) is 35.9 Å². The van der Waals surface area contributed by atoms with Gasteiger partial charge in [-0.3, -0.25) is 0 Å². The minimum Gasteiger partial charge on any atom is -0.417 e. The largest absolute Gasteiger partial charge is 0.417 e. The second kappa shape index (κ2) is 4.28. The van der Waals surface area contributed by atoms with E-state index in [1.807, 2.05) is 0 Å². The van der Waals surface area contributed by atoms with E-state index in [-0.39, 0.29) is 0 Å². The third-order valence-corrected chi connectivity index (χ3v) is 6.82. The molecule has 0 aliphatic carbocycles. The van der Waals surface area contributed by atoms with E-state index >= 15 is 0 Å². The number of hydrogen-bond acceptors (Lipinski definition) is 1. The van der Waals surface area contributed by atoms with Crippen molar-refractivity contribution < 1.29 is 4.43 Å². The lowest BCUT2D eigenvalue weighted by Gasteiger charge is -2.35. The molecule has 0 aromatic heterocycles. The highest BCUT2D eigenvalue weighted by molar-refractivity contribution is 6.75. The van der Waals surface area contributed by atoms with Gasteiger partial charge in [0, 0.05) is 6.61 Å². The fourth-order valence-electron chi connectivity index (χ4n) is 1.88. The molecule has 0 atom stereocenters. The van der Waals surface area contributed by atoms with Gasteiger partial charge in [-0.15, -0.1) is 0 Å². The van der Waals surface area contributed by atoms with Crippen molar-refractivity contribution in [2.24, 2.45) is 0 Å². The summed E-state index contributed by atoms with van der Waals surface area (Å²) in [5, 5.41) is 0. The van der Waals surface area contributed by atoms with Gasteiger partial charge in [0.1, 0.15) is 0 Å². The lowest BCUT2D eigenvalue weighted by Crippen LogP contribution is -2.41. The van der Waals surface area contributed by atoms with Crippen molar-refractivity contribution >= 4 is 8.32 Å². The van der Waals surface area contributed by atoms with Crippen molar-refractivity contribution in [2.45, 2.75) is 31.5 Å². The number of benzene rings is 1. The monoisotopic (exact) mass is 206 g/mol. The number of rotatable bonds is 4. The molecule has 1 aliphatic heterocycles. The predicted octanol–water partition coefficient (Wildman–Crippen LogP) is 3.22. The second-order valence-corrected chi connectivity index (χ2v) is 8.58.